The van der Waals surface area contributed by atoms with E-state index >= 15 is 0 Å². The monoisotopic (exact) mass is 264 g/mol. The highest BCUT2D eigenvalue weighted by atomic mass is 15.1. The average molecular weight is 264 g/mol. The van der Waals surface area contributed by atoms with Gasteiger partial charge < -0.3 is 5.32 Å². The van der Waals surface area contributed by atoms with Crippen LogP contribution in [0.25, 0.3) is 0 Å². The van der Waals surface area contributed by atoms with Gasteiger partial charge in [-0.3, -0.25) is 4.90 Å². The highest BCUT2D eigenvalue weighted by Gasteiger charge is 2.44. The van der Waals surface area contributed by atoms with Gasteiger partial charge in [0, 0.05) is 12.6 Å². The molecule has 1 N–H and O–H groups in total. The zero-order chi connectivity index (χ0) is 13.9. The molecule has 2 heteroatoms. The van der Waals surface area contributed by atoms with Crippen LogP contribution in [0.5, 0.6) is 0 Å². The SMILES string of the molecule is C=C(C)CN1CCC2(CC1)CC(CCNC(C)C)C2. The molecule has 1 saturated carbocycles. The van der Waals surface area contributed by atoms with E-state index < -0.39 is 0 Å². The fraction of sp³-hybridized carbons (Fsp3) is 0.882. The lowest BCUT2D eigenvalue weighted by Gasteiger charge is -2.52. The van der Waals surface area contributed by atoms with E-state index in [4.69, 9.17) is 0 Å². The van der Waals surface area contributed by atoms with Crippen LogP contribution >= 0.6 is 0 Å². The van der Waals surface area contributed by atoms with Gasteiger partial charge in [-0.1, -0.05) is 26.0 Å². The molecular weight excluding hydrogens is 232 g/mol. The molecule has 110 valence electrons. The minimum Gasteiger partial charge on any atom is -0.315 e. The Labute approximate surface area is 119 Å². The van der Waals surface area contributed by atoms with E-state index in [2.05, 4.69) is 37.6 Å². The van der Waals surface area contributed by atoms with E-state index in [-0.39, 0.29) is 0 Å². The minimum absolute atomic E-state index is 0.638. The summed E-state index contributed by atoms with van der Waals surface area (Å²) in [6.07, 6.45) is 7.22. The summed E-state index contributed by atoms with van der Waals surface area (Å²) in [5.41, 5.74) is 2.04. The third-order valence-corrected chi connectivity index (χ3v) is 4.96. The second kappa shape index (κ2) is 6.41. The molecule has 19 heavy (non-hydrogen) atoms. The molecular formula is C17H32N2. The van der Waals surface area contributed by atoms with Crippen molar-refractivity contribution in [2.45, 2.75) is 58.9 Å². The molecule has 0 atom stereocenters. The van der Waals surface area contributed by atoms with Gasteiger partial charge in [-0.05, 0) is 70.0 Å². The van der Waals surface area contributed by atoms with Crippen molar-refractivity contribution in [1.29, 1.82) is 0 Å². The van der Waals surface area contributed by atoms with Gasteiger partial charge in [0.15, 0.2) is 0 Å². The first-order chi connectivity index (χ1) is 8.99. The normalized spacial score (nSPS) is 23.8. The van der Waals surface area contributed by atoms with Gasteiger partial charge in [-0.2, -0.15) is 0 Å². The minimum atomic E-state index is 0.638. The van der Waals surface area contributed by atoms with Crippen molar-refractivity contribution in [2.75, 3.05) is 26.2 Å². The van der Waals surface area contributed by atoms with Gasteiger partial charge in [-0.15, -0.1) is 0 Å². The number of likely N-dealkylation sites (tertiary alicyclic amines) is 1. The van der Waals surface area contributed by atoms with Gasteiger partial charge in [0.05, 0.1) is 0 Å². The number of rotatable bonds is 6. The Hall–Kier alpha value is -0.340. The van der Waals surface area contributed by atoms with E-state index in [0.717, 1.165) is 17.9 Å². The zero-order valence-corrected chi connectivity index (χ0v) is 13.2. The number of hydrogen-bond donors (Lipinski definition) is 1. The fourth-order valence-corrected chi connectivity index (χ4v) is 3.92. The fourth-order valence-electron chi connectivity index (χ4n) is 3.92. The van der Waals surface area contributed by atoms with Crippen LogP contribution in [-0.4, -0.2) is 37.1 Å². The molecule has 0 unspecified atom stereocenters. The summed E-state index contributed by atoms with van der Waals surface area (Å²) < 4.78 is 0. The van der Waals surface area contributed by atoms with Crippen molar-refractivity contribution in [3.05, 3.63) is 12.2 Å². The van der Waals surface area contributed by atoms with E-state index in [1.165, 1.54) is 57.3 Å². The lowest BCUT2D eigenvalue weighted by molar-refractivity contribution is -0.0137. The maximum atomic E-state index is 4.03. The predicted octanol–water partition coefficient (Wildman–Crippen LogP) is 3.44. The summed E-state index contributed by atoms with van der Waals surface area (Å²) >= 11 is 0. The molecule has 1 spiro atoms. The Morgan fingerprint density at radius 3 is 2.47 bits per heavy atom. The van der Waals surface area contributed by atoms with Crippen molar-refractivity contribution < 1.29 is 0 Å². The van der Waals surface area contributed by atoms with Crippen LogP contribution in [0.3, 0.4) is 0 Å². The Bertz CT molecular complexity index is 292. The van der Waals surface area contributed by atoms with Crippen molar-refractivity contribution >= 4 is 0 Å². The van der Waals surface area contributed by atoms with Crippen LogP contribution in [0, 0.1) is 11.3 Å². The molecule has 1 aliphatic heterocycles. The summed E-state index contributed by atoms with van der Waals surface area (Å²) in [5, 5.41) is 3.55. The molecule has 0 aromatic heterocycles. The number of piperidine rings is 1. The Balaban J connectivity index is 1.62. The molecule has 2 rings (SSSR count). The molecule has 0 aromatic carbocycles. The van der Waals surface area contributed by atoms with Crippen LogP contribution in [0.1, 0.15) is 52.9 Å². The van der Waals surface area contributed by atoms with Crippen LogP contribution < -0.4 is 5.32 Å². The second-order valence-electron chi connectivity index (χ2n) is 7.41. The lowest BCUT2D eigenvalue weighted by atomic mass is 9.57. The average Bonchev–Trinajstić information content (AvgIpc) is 2.28. The Kier molecular flexibility index (Phi) is 5.08. The van der Waals surface area contributed by atoms with Gasteiger partial charge in [0.25, 0.3) is 0 Å². The number of nitrogens with one attached hydrogen (secondary N) is 1. The van der Waals surface area contributed by atoms with Crippen molar-refractivity contribution in [3.8, 4) is 0 Å². The molecule has 0 bridgehead atoms. The van der Waals surface area contributed by atoms with E-state index in [9.17, 15) is 0 Å². The summed E-state index contributed by atoms with van der Waals surface area (Å²) in [6, 6.07) is 0.638. The lowest BCUT2D eigenvalue weighted by Crippen LogP contribution is -2.47. The van der Waals surface area contributed by atoms with Gasteiger partial charge in [0.1, 0.15) is 0 Å². The first-order valence-electron chi connectivity index (χ1n) is 8.09. The largest absolute Gasteiger partial charge is 0.315 e. The molecule has 0 aromatic rings. The first kappa shape index (κ1) is 15.1. The number of nitrogens with zero attached hydrogens (tertiary/aromatic N) is 1. The highest BCUT2D eigenvalue weighted by Crippen LogP contribution is 2.53. The van der Waals surface area contributed by atoms with Crippen LogP contribution in [-0.2, 0) is 0 Å². The zero-order valence-electron chi connectivity index (χ0n) is 13.2. The predicted molar refractivity (Wildman–Crippen MR) is 83.4 cm³/mol. The van der Waals surface area contributed by atoms with Crippen LogP contribution in [0.4, 0.5) is 0 Å². The molecule has 1 aliphatic carbocycles. The van der Waals surface area contributed by atoms with E-state index in [1.807, 2.05) is 0 Å². The molecule has 1 saturated heterocycles. The van der Waals surface area contributed by atoms with Gasteiger partial charge in [0.2, 0.25) is 0 Å². The second-order valence-corrected chi connectivity index (χ2v) is 7.41. The Morgan fingerprint density at radius 2 is 1.95 bits per heavy atom. The van der Waals surface area contributed by atoms with Crippen LogP contribution in [0.2, 0.25) is 0 Å². The molecule has 2 fully saturated rings. The van der Waals surface area contributed by atoms with Crippen molar-refractivity contribution in [2.24, 2.45) is 11.3 Å². The quantitative estimate of drug-likeness (QED) is 0.739. The van der Waals surface area contributed by atoms with Gasteiger partial charge in [-0.25, -0.2) is 0 Å². The third kappa shape index (κ3) is 4.32. The summed E-state index contributed by atoms with van der Waals surface area (Å²) in [4.78, 5) is 2.58. The van der Waals surface area contributed by atoms with Gasteiger partial charge >= 0.3 is 0 Å². The van der Waals surface area contributed by atoms with E-state index in [0.29, 0.717) is 6.04 Å². The summed E-state index contributed by atoms with van der Waals surface area (Å²) in [5.74, 6) is 0.999. The summed E-state index contributed by atoms with van der Waals surface area (Å²) in [6.45, 7) is 15.6. The van der Waals surface area contributed by atoms with Crippen LogP contribution in [0.15, 0.2) is 12.2 Å². The maximum Gasteiger partial charge on any atom is 0.0187 e. The molecule has 0 amide bonds. The molecule has 0 radical (unpaired) electrons. The smallest absolute Gasteiger partial charge is 0.0187 e. The molecule has 2 nitrogen and oxygen atoms in total. The number of hydrogen-bond acceptors (Lipinski definition) is 2. The third-order valence-electron chi connectivity index (χ3n) is 4.96. The van der Waals surface area contributed by atoms with E-state index in [1.54, 1.807) is 0 Å². The topological polar surface area (TPSA) is 15.3 Å². The van der Waals surface area contributed by atoms with Crippen molar-refractivity contribution in [1.82, 2.24) is 10.2 Å². The maximum absolute atomic E-state index is 4.03. The molecule has 2 aliphatic rings. The highest BCUT2D eigenvalue weighted by molar-refractivity contribution is 4.99. The first-order valence-corrected chi connectivity index (χ1v) is 8.09. The molecule has 1 heterocycles. The Morgan fingerprint density at radius 1 is 1.32 bits per heavy atom. The van der Waals surface area contributed by atoms with Crippen molar-refractivity contribution in [3.63, 3.8) is 0 Å². The standard InChI is InChI=1S/C17H32N2/c1-14(2)13-19-9-6-17(7-10-19)11-16(12-17)5-8-18-15(3)4/h15-16,18H,1,5-13H2,2-4H3. The summed E-state index contributed by atoms with van der Waals surface area (Å²) in [7, 11) is 0.